The normalized spacial score (nSPS) is 10.5. The molecule has 26 heavy (non-hydrogen) atoms. The van der Waals surface area contributed by atoms with Crippen LogP contribution in [0.3, 0.4) is 0 Å². The number of hydrogen-bond acceptors (Lipinski definition) is 5. The number of benzene rings is 2. The van der Waals surface area contributed by atoms with Crippen LogP contribution in [0.25, 0.3) is 0 Å². The van der Waals surface area contributed by atoms with Gasteiger partial charge in [-0.1, -0.05) is 11.8 Å². The van der Waals surface area contributed by atoms with E-state index in [9.17, 15) is 18.4 Å². The van der Waals surface area contributed by atoms with Gasteiger partial charge in [0, 0.05) is 16.6 Å². The molecule has 3 N–H and O–H groups in total. The van der Waals surface area contributed by atoms with E-state index in [1.54, 1.807) is 6.07 Å². The molecule has 0 bridgehead atoms. The first-order chi connectivity index (χ1) is 12.4. The van der Waals surface area contributed by atoms with Crippen molar-refractivity contribution < 1.29 is 27.8 Å². The topological polar surface area (TPSA) is 90.7 Å². The van der Waals surface area contributed by atoms with Crippen molar-refractivity contribution in [3.8, 4) is 11.5 Å². The van der Waals surface area contributed by atoms with Gasteiger partial charge in [-0.25, -0.2) is 0 Å². The number of ether oxygens (including phenoxy) is 2. The molecule has 0 spiro atoms. The number of rotatable bonds is 8. The minimum absolute atomic E-state index is 0.118. The number of hydrogen-bond donors (Lipinski definition) is 2. The lowest BCUT2D eigenvalue weighted by Gasteiger charge is -2.11. The minimum Gasteiger partial charge on any atom is -0.497 e. The van der Waals surface area contributed by atoms with Gasteiger partial charge in [-0.05, 0) is 36.4 Å². The van der Waals surface area contributed by atoms with Gasteiger partial charge in [0.05, 0.1) is 12.7 Å². The Morgan fingerprint density at radius 2 is 1.88 bits per heavy atom. The molecule has 0 aliphatic carbocycles. The number of alkyl halides is 2. The van der Waals surface area contributed by atoms with Crippen molar-refractivity contribution in [2.45, 2.75) is 10.7 Å². The molecule has 138 valence electrons. The molecule has 2 aromatic rings. The second-order valence-corrected chi connectivity index (χ2v) is 6.03. The van der Waals surface area contributed by atoms with Crippen molar-refractivity contribution in [1.29, 1.82) is 0 Å². The Bertz CT molecular complexity index is 785. The van der Waals surface area contributed by atoms with Crippen molar-refractivity contribution in [2.75, 3.05) is 19.0 Å². The largest absolute Gasteiger partial charge is 0.497 e. The Morgan fingerprint density at radius 3 is 2.46 bits per heavy atom. The van der Waals surface area contributed by atoms with E-state index < -0.39 is 17.6 Å². The molecule has 0 aliphatic rings. The van der Waals surface area contributed by atoms with E-state index in [-0.39, 0.29) is 17.9 Å². The molecule has 2 rings (SSSR count). The zero-order valence-electron chi connectivity index (χ0n) is 13.7. The van der Waals surface area contributed by atoms with Crippen LogP contribution in [-0.4, -0.2) is 31.3 Å². The number of amides is 2. The van der Waals surface area contributed by atoms with Crippen LogP contribution in [0.1, 0.15) is 10.4 Å². The third-order valence-corrected chi connectivity index (χ3v) is 3.90. The molecule has 0 unspecified atom stereocenters. The Kier molecular flexibility index (Phi) is 6.79. The summed E-state index contributed by atoms with van der Waals surface area (Å²) < 4.78 is 34.9. The predicted octanol–water partition coefficient (Wildman–Crippen LogP) is 3.13. The van der Waals surface area contributed by atoms with Crippen LogP contribution in [0.2, 0.25) is 0 Å². The number of nitrogens with one attached hydrogen (secondary N) is 1. The van der Waals surface area contributed by atoms with Crippen LogP contribution < -0.4 is 20.5 Å². The lowest BCUT2D eigenvalue weighted by atomic mass is 10.2. The lowest BCUT2D eigenvalue weighted by molar-refractivity contribution is -0.118. The highest BCUT2D eigenvalue weighted by atomic mass is 32.2. The third-order valence-electron chi connectivity index (χ3n) is 3.18. The fourth-order valence-electron chi connectivity index (χ4n) is 2.01. The zero-order valence-corrected chi connectivity index (χ0v) is 14.5. The number of carbonyl (C=O) groups is 2. The highest BCUT2D eigenvalue weighted by molar-refractivity contribution is 7.99. The van der Waals surface area contributed by atoms with Crippen LogP contribution in [0.5, 0.6) is 11.5 Å². The fourth-order valence-corrected chi connectivity index (χ4v) is 2.51. The molecule has 0 atom stereocenters. The summed E-state index contributed by atoms with van der Waals surface area (Å²) in [7, 11) is 1.45. The molecule has 0 aliphatic heterocycles. The number of anilines is 1. The molecule has 0 radical (unpaired) electrons. The molecule has 2 amide bonds. The number of halogens is 2. The predicted molar refractivity (Wildman–Crippen MR) is 93.9 cm³/mol. The van der Waals surface area contributed by atoms with Gasteiger partial charge in [0.1, 0.15) is 11.5 Å². The van der Waals surface area contributed by atoms with E-state index in [1.165, 1.54) is 43.5 Å². The fraction of sp³-hybridized carbons (Fsp3) is 0.176. The van der Waals surface area contributed by atoms with Gasteiger partial charge < -0.3 is 20.5 Å². The van der Waals surface area contributed by atoms with Gasteiger partial charge in [-0.3, -0.25) is 9.59 Å². The number of thioether (sulfide) groups is 1. The van der Waals surface area contributed by atoms with Gasteiger partial charge >= 0.3 is 0 Å². The van der Waals surface area contributed by atoms with Crippen LogP contribution in [-0.2, 0) is 4.79 Å². The highest BCUT2D eigenvalue weighted by Crippen LogP contribution is 2.26. The van der Waals surface area contributed by atoms with Crippen LogP contribution in [0.15, 0.2) is 47.4 Å². The van der Waals surface area contributed by atoms with E-state index in [1.807, 2.05) is 0 Å². The molecule has 0 heterocycles. The zero-order chi connectivity index (χ0) is 19.1. The molecule has 2 aromatic carbocycles. The lowest BCUT2D eigenvalue weighted by Crippen LogP contribution is -2.21. The van der Waals surface area contributed by atoms with Gasteiger partial charge in [0.2, 0.25) is 0 Å². The molecule has 9 heteroatoms. The van der Waals surface area contributed by atoms with Crippen molar-refractivity contribution >= 4 is 29.3 Å². The Hall–Kier alpha value is -2.81. The monoisotopic (exact) mass is 382 g/mol. The van der Waals surface area contributed by atoms with Crippen LogP contribution in [0.4, 0.5) is 14.5 Å². The molecule has 0 fully saturated rings. The molecule has 0 aromatic heterocycles. The summed E-state index contributed by atoms with van der Waals surface area (Å²) in [5.74, 6) is -3.13. The van der Waals surface area contributed by atoms with E-state index in [2.05, 4.69) is 5.32 Å². The summed E-state index contributed by atoms with van der Waals surface area (Å²) in [4.78, 5) is 23.8. The average Bonchev–Trinajstić information content (AvgIpc) is 2.60. The standard InChI is InChI=1S/C17H16F2N2O4S/c1-24-11-4-7-13(16(20)23)14(8-11)25-9-15(22)21-10-2-5-12(6-3-10)26-17(18)19/h2-8,17H,9H2,1H3,(H2,20,23)(H,21,22). The maximum atomic E-state index is 12.3. The summed E-state index contributed by atoms with van der Waals surface area (Å²) in [6.07, 6.45) is 0. The first-order valence-electron chi connectivity index (χ1n) is 7.34. The van der Waals surface area contributed by atoms with E-state index in [0.717, 1.165) is 0 Å². The smallest absolute Gasteiger partial charge is 0.288 e. The Morgan fingerprint density at radius 1 is 1.19 bits per heavy atom. The highest BCUT2D eigenvalue weighted by Gasteiger charge is 2.13. The second kappa shape index (κ2) is 9.04. The summed E-state index contributed by atoms with van der Waals surface area (Å²) in [6, 6.07) is 10.4. The molecule has 0 saturated heterocycles. The number of carbonyl (C=O) groups excluding carboxylic acids is 2. The van der Waals surface area contributed by atoms with Gasteiger partial charge in [-0.15, -0.1) is 0 Å². The summed E-state index contributed by atoms with van der Waals surface area (Å²) in [5.41, 5.74) is 5.82. The van der Waals surface area contributed by atoms with Gasteiger partial charge in [-0.2, -0.15) is 8.78 Å². The first kappa shape index (κ1) is 19.5. The molecular weight excluding hydrogens is 366 g/mol. The molecular formula is C17H16F2N2O4S. The summed E-state index contributed by atoms with van der Waals surface area (Å²) in [6.45, 7) is -0.374. The van der Waals surface area contributed by atoms with E-state index in [0.29, 0.717) is 28.1 Å². The minimum atomic E-state index is -2.51. The summed E-state index contributed by atoms with van der Waals surface area (Å²) >= 11 is 0.415. The second-order valence-electron chi connectivity index (χ2n) is 4.97. The van der Waals surface area contributed by atoms with Gasteiger partial charge in [0.25, 0.3) is 17.6 Å². The van der Waals surface area contributed by atoms with Crippen LogP contribution in [0, 0.1) is 0 Å². The van der Waals surface area contributed by atoms with Gasteiger partial charge in [0.15, 0.2) is 6.61 Å². The third kappa shape index (κ3) is 5.62. The molecule has 6 nitrogen and oxygen atoms in total. The van der Waals surface area contributed by atoms with Crippen molar-refractivity contribution in [1.82, 2.24) is 0 Å². The summed E-state index contributed by atoms with van der Waals surface area (Å²) in [5, 5.41) is 2.56. The maximum Gasteiger partial charge on any atom is 0.288 e. The maximum absolute atomic E-state index is 12.3. The van der Waals surface area contributed by atoms with E-state index in [4.69, 9.17) is 15.2 Å². The Balaban J connectivity index is 1.97. The number of methoxy groups -OCH3 is 1. The quantitative estimate of drug-likeness (QED) is 0.685. The van der Waals surface area contributed by atoms with Crippen molar-refractivity contribution in [3.63, 3.8) is 0 Å². The van der Waals surface area contributed by atoms with E-state index >= 15 is 0 Å². The number of nitrogens with two attached hydrogens (primary N) is 1. The van der Waals surface area contributed by atoms with Crippen molar-refractivity contribution in [3.05, 3.63) is 48.0 Å². The first-order valence-corrected chi connectivity index (χ1v) is 8.22. The average molecular weight is 382 g/mol. The number of primary amides is 1. The van der Waals surface area contributed by atoms with Crippen LogP contribution >= 0.6 is 11.8 Å². The SMILES string of the molecule is COc1ccc(C(N)=O)c(OCC(=O)Nc2ccc(SC(F)F)cc2)c1. The molecule has 0 saturated carbocycles. The Labute approximate surface area is 152 Å². The van der Waals surface area contributed by atoms with Crippen molar-refractivity contribution in [2.24, 2.45) is 5.73 Å².